The van der Waals surface area contributed by atoms with E-state index in [9.17, 15) is 24.0 Å². The Kier molecular flexibility index (Phi) is 8.99. The fourth-order valence-electron chi connectivity index (χ4n) is 2.12. The Morgan fingerprint density at radius 1 is 1.19 bits per heavy atom. The Morgan fingerprint density at radius 3 is 2.56 bits per heavy atom. The number of rotatable bonds is 1. The highest BCUT2D eigenvalue weighted by Gasteiger charge is 2.39. The van der Waals surface area contributed by atoms with E-state index in [-0.39, 0.29) is 37.1 Å². The van der Waals surface area contributed by atoms with E-state index in [4.69, 9.17) is 9.47 Å². The van der Waals surface area contributed by atoms with Crippen LogP contribution in [0.3, 0.4) is 0 Å². The van der Waals surface area contributed by atoms with Crippen molar-refractivity contribution in [2.75, 3.05) is 25.4 Å². The molecule has 27 heavy (non-hydrogen) atoms. The van der Waals surface area contributed by atoms with Gasteiger partial charge in [0.15, 0.2) is 6.10 Å². The number of cyclic esters (lactones) is 1. The number of thioether (sulfide) groups is 1. The Bertz CT molecular complexity index is 631. The zero-order valence-corrected chi connectivity index (χ0v) is 16.4. The average molecular weight is 400 g/mol. The van der Waals surface area contributed by atoms with E-state index >= 15 is 0 Å². The molecule has 2 N–H and O–H groups in total. The van der Waals surface area contributed by atoms with Gasteiger partial charge < -0.3 is 20.1 Å². The monoisotopic (exact) mass is 400 g/mol. The molecule has 1 rings (SSSR count). The number of ether oxygens (including phenoxy) is 2. The molecule has 0 bridgehead atoms. The van der Waals surface area contributed by atoms with Crippen molar-refractivity contribution in [1.82, 2.24) is 10.6 Å². The molecule has 150 valence electrons. The standard InChI is InChI=1S/C17H24N2O7S/c1-11(20)26-15-16(24)19-7-6-12(21)18-8-9-27-14(23)5-4-13(22)25-10-17(15,2)3/h4-5,15H,6-10H2,1-3H3,(H,18,21)(H,19,24)/b5-4+/t15-/m0/s1. The Balaban J connectivity index is 2.94. The maximum absolute atomic E-state index is 12.4. The highest BCUT2D eigenvalue weighted by molar-refractivity contribution is 8.14. The maximum Gasteiger partial charge on any atom is 0.330 e. The summed E-state index contributed by atoms with van der Waals surface area (Å²) in [6.45, 7) is 4.45. The second kappa shape index (κ2) is 10.7. The Labute approximate surface area is 161 Å². The lowest BCUT2D eigenvalue weighted by atomic mass is 9.86. The van der Waals surface area contributed by atoms with Gasteiger partial charge in [0.25, 0.3) is 5.91 Å². The zero-order chi connectivity index (χ0) is 20.4. The Hall–Kier alpha value is -2.36. The first-order chi connectivity index (χ1) is 12.6. The fourth-order valence-corrected chi connectivity index (χ4v) is 2.69. The minimum Gasteiger partial charge on any atom is -0.462 e. The second-order valence-electron chi connectivity index (χ2n) is 6.48. The van der Waals surface area contributed by atoms with Crippen LogP contribution in [0.2, 0.25) is 0 Å². The first kappa shape index (κ1) is 22.7. The van der Waals surface area contributed by atoms with Crippen molar-refractivity contribution in [2.24, 2.45) is 5.41 Å². The summed E-state index contributed by atoms with van der Waals surface area (Å²) in [5.74, 6) is -1.95. The topological polar surface area (TPSA) is 128 Å². The highest BCUT2D eigenvalue weighted by atomic mass is 32.2. The molecular formula is C17H24N2O7S. The first-order valence-electron chi connectivity index (χ1n) is 8.35. The van der Waals surface area contributed by atoms with Gasteiger partial charge in [-0.05, 0) is 6.08 Å². The van der Waals surface area contributed by atoms with Crippen molar-refractivity contribution in [2.45, 2.75) is 33.3 Å². The number of hydrogen-bond acceptors (Lipinski definition) is 8. The predicted molar refractivity (Wildman–Crippen MR) is 97.5 cm³/mol. The summed E-state index contributed by atoms with van der Waals surface area (Å²) in [5.41, 5.74) is -1.03. The third kappa shape index (κ3) is 8.72. The van der Waals surface area contributed by atoms with Gasteiger partial charge in [-0.2, -0.15) is 0 Å². The minimum atomic E-state index is -1.22. The van der Waals surface area contributed by atoms with Gasteiger partial charge in [-0.1, -0.05) is 25.6 Å². The van der Waals surface area contributed by atoms with Crippen LogP contribution in [0, 0.1) is 5.41 Å². The van der Waals surface area contributed by atoms with Gasteiger partial charge in [0.2, 0.25) is 11.0 Å². The summed E-state index contributed by atoms with van der Waals surface area (Å²) in [5, 5.41) is 4.81. The maximum atomic E-state index is 12.4. The van der Waals surface area contributed by atoms with Crippen molar-refractivity contribution < 1.29 is 33.4 Å². The third-order valence-corrected chi connectivity index (χ3v) is 4.32. The number of amides is 2. The van der Waals surface area contributed by atoms with Crippen LogP contribution in [0.5, 0.6) is 0 Å². The molecule has 0 saturated heterocycles. The molecule has 0 aliphatic carbocycles. The van der Waals surface area contributed by atoms with Crippen molar-refractivity contribution in [3.05, 3.63) is 12.2 Å². The molecule has 1 atom stereocenters. The summed E-state index contributed by atoms with van der Waals surface area (Å²) in [6.07, 6.45) is 0.883. The smallest absolute Gasteiger partial charge is 0.330 e. The molecule has 0 radical (unpaired) electrons. The lowest BCUT2D eigenvalue weighted by Gasteiger charge is -2.31. The van der Waals surface area contributed by atoms with E-state index in [1.165, 1.54) is 0 Å². The fraction of sp³-hybridized carbons (Fsp3) is 0.588. The lowest BCUT2D eigenvalue weighted by Crippen LogP contribution is -2.49. The summed E-state index contributed by atoms with van der Waals surface area (Å²) in [6, 6.07) is 0. The predicted octanol–water partition coefficient (Wildman–Crippen LogP) is -0.0604. The SMILES string of the molecule is CC(=O)O[C@H]1C(=O)NCCC(=O)NCCSC(=O)/C=C/C(=O)OCC1(C)C. The second-order valence-corrected chi connectivity index (χ2v) is 7.58. The molecule has 2 amide bonds. The molecule has 1 heterocycles. The molecule has 0 saturated carbocycles. The molecule has 10 heteroatoms. The van der Waals surface area contributed by atoms with Crippen LogP contribution < -0.4 is 10.6 Å². The third-order valence-electron chi connectivity index (χ3n) is 3.49. The molecule has 1 aliphatic rings. The molecule has 0 fully saturated rings. The number of carbonyl (C=O) groups is 5. The van der Waals surface area contributed by atoms with E-state index in [0.29, 0.717) is 5.75 Å². The molecule has 0 spiro atoms. The van der Waals surface area contributed by atoms with Gasteiger partial charge in [-0.25, -0.2) is 4.79 Å². The molecule has 1 aliphatic heterocycles. The molecule has 0 aromatic heterocycles. The Morgan fingerprint density at radius 2 is 1.89 bits per heavy atom. The summed E-state index contributed by atoms with van der Waals surface area (Å²) >= 11 is 0.952. The van der Waals surface area contributed by atoms with E-state index in [0.717, 1.165) is 30.8 Å². The number of nitrogens with one attached hydrogen (secondary N) is 2. The average Bonchev–Trinajstić information content (AvgIpc) is 2.58. The minimum absolute atomic E-state index is 0.0342. The van der Waals surface area contributed by atoms with E-state index in [1.54, 1.807) is 13.8 Å². The summed E-state index contributed by atoms with van der Waals surface area (Å²) in [4.78, 5) is 58.9. The molecule has 0 aromatic rings. The van der Waals surface area contributed by atoms with Crippen molar-refractivity contribution in [3.8, 4) is 0 Å². The number of hydrogen-bond donors (Lipinski definition) is 2. The van der Waals surface area contributed by atoms with Crippen LogP contribution >= 0.6 is 11.8 Å². The van der Waals surface area contributed by atoms with E-state index in [1.807, 2.05) is 0 Å². The molecule has 0 aromatic carbocycles. The van der Waals surface area contributed by atoms with Crippen LogP contribution in [-0.4, -0.2) is 60.4 Å². The largest absolute Gasteiger partial charge is 0.462 e. The molecule has 0 unspecified atom stereocenters. The van der Waals surface area contributed by atoms with Crippen LogP contribution in [-0.2, 0) is 33.4 Å². The first-order valence-corrected chi connectivity index (χ1v) is 9.33. The van der Waals surface area contributed by atoms with Crippen molar-refractivity contribution in [3.63, 3.8) is 0 Å². The zero-order valence-electron chi connectivity index (χ0n) is 15.5. The van der Waals surface area contributed by atoms with E-state index < -0.39 is 29.4 Å². The van der Waals surface area contributed by atoms with Gasteiger partial charge in [-0.15, -0.1) is 0 Å². The summed E-state index contributed by atoms with van der Waals surface area (Å²) < 4.78 is 10.2. The molecular weight excluding hydrogens is 376 g/mol. The quantitative estimate of drug-likeness (QED) is 0.586. The van der Waals surface area contributed by atoms with Crippen LogP contribution in [0.4, 0.5) is 0 Å². The lowest BCUT2D eigenvalue weighted by molar-refractivity contribution is -0.166. The van der Waals surface area contributed by atoms with Gasteiger partial charge in [0, 0.05) is 43.7 Å². The summed E-state index contributed by atoms with van der Waals surface area (Å²) in [7, 11) is 0. The van der Waals surface area contributed by atoms with Crippen LogP contribution in [0.25, 0.3) is 0 Å². The van der Waals surface area contributed by atoms with Gasteiger partial charge in [0.05, 0.1) is 0 Å². The van der Waals surface area contributed by atoms with Crippen LogP contribution in [0.15, 0.2) is 12.2 Å². The van der Waals surface area contributed by atoms with Gasteiger partial charge in [-0.3, -0.25) is 19.2 Å². The number of esters is 2. The van der Waals surface area contributed by atoms with E-state index in [2.05, 4.69) is 10.6 Å². The van der Waals surface area contributed by atoms with Crippen LogP contribution in [0.1, 0.15) is 27.2 Å². The molecule has 9 nitrogen and oxygen atoms in total. The highest BCUT2D eigenvalue weighted by Crippen LogP contribution is 2.25. The number of carbonyl (C=O) groups excluding carboxylic acids is 5. The van der Waals surface area contributed by atoms with Crippen molar-refractivity contribution in [1.29, 1.82) is 0 Å². The normalized spacial score (nSPS) is 24.0. The van der Waals surface area contributed by atoms with Gasteiger partial charge >= 0.3 is 11.9 Å². The van der Waals surface area contributed by atoms with Gasteiger partial charge in [0.1, 0.15) is 6.61 Å². The van der Waals surface area contributed by atoms with Crippen molar-refractivity contribution >= 4 is 40.6 Å².